The van der Waals surface area contributed by atoms with Crippen LogP contribution in [0.2, 0.25) is 0 Å². The van der Waals surface area contributed by atoms with Crippen LogP contribution >= 0.6 is 0 Å². The van der Waals surface area contributed by atoms with Gasteiger partial charge in [-0.05, 0) is 26.0 Å². The summed E-state index contributed by atoms with van der Waals surface area (Å²) in [6.07, 6.45) is 2.94. The van der Waals surface area contributed by atoms with Crippen molar-refractivity contribution in [1.29, 1.82) is 0 Å². The number of hydrogen-bond acceptors (Lipinski definition) is 4. The van der Waals surface area contributed by atoms with Crippen molar-refractivity contribution < 1.29 is 0 Å². The molecule has 4 heteroatoms. The van der Waals surface area contributed by atoms with Crippen LogP contribution in [0, 0.1) is 0 Å². The number of nitrogens with one attached hydrogen (secondary N) is 2. The molecule has 1 aromatic heterocycles. The average Bonchev–Trinajstić information content (AvgIpc) is 2.76. The Balaban J connectivity index is 2.00. The zero-order chi connectivity index (χ0) is 11.7. The minimum absolute atomic E-state index is 0.117. The number of benzene rings is 1. The smallest absolute Gasteiger partial charge is 0.0950 e. The van der Waals surface area contributed by atoms with Crippen molar-refractivity contribution in [3.8, 4) is 0 Å². The van der Waals surface area contributed by atoms with Crippen molar-refractivity contribution >= 4 is 16.6 Å². The van der Waals surface area contributed by atoms with E-state index in [4.69, 9.17) is 0 Å². The van der Waals surface area contributed by atoms with Crippen LogP contribution in [0.25, 0.3) is 10.9 Å². The summed E-state index contributed by atoms with van der Waals surface area (Å²) in [5.41, 5.74) is 2.13. The standard InChI is InChI=1S/C13H16N4/c1-13(6-7-14-9-13)16-12-8-15-17-11-5-3-2-4-10(11)12/h2-5,8,14H,6-7,9H2,1H3,(H,16,17). The Hall–Kier alpha value is -1.68. The summed E-state index contributed by atoms with van der Waals surface area (Å²) in [5.74, 6) is 0. The van der Waals surface area contributed by atoms with Gasteiger partial charge in [0.05, 0.1) is 17.4 Å². The summed E-state index contributed by atoms with van der Waals surface area (Å²) in [6.45, 7) is 4.30. The van der Waals surface area contributed by atoms with Crippen molar-refractivity contribution in [3.63, 3.8) is 0 Å². The van der Waals surface area contributed by atoms with E-state index in [9.17, 15) is 0 Å². The van der Waals surface area contributed by atoms with Crippen molar-refractivity contribution in [1.82, 2.24) is 15.5 Å². The second kappa shape index (κ2) is 3.96. The average molecular weight is 228 g/mol. The second-order valence-corrected chi connectivity index (χ2v) is 4.89. The van der Waals surface area contributed by atoms with Gasteiger partial charge in [-0.15, -0.1) is 0 Å². The number of fused-ring (bicyclic) bond motifs is 1. The molecule has 2 heterocycles. The molecule has 0 amide bonds. The fraction of sp³-hybridized carbons (Fsp3) is 0.385. The highest BCUT2D eigenvalue weighted by molar-refractivity contribution is 5.90. The summed E-state index contributed by atoms with van der Waals surface area (Å²) >= 11 is 0. The third-order valence-electron chi connectivity index (χ3n) is 3.35. The van der Waals surface area contributed by atoms with Crippen LogP contribution in [0.15, 0.2) is 30.5 Å². The Kier molecular flexibility index (Phi) is 2.44. The van der Waals surface area contributed by atoms with Crippen LogP contribution in [0.3, 0.4) is 0 Å². The van der Waals surface area contributed by atoms with Crippen molar-refractivity contribution in [3.05, 3.63) is 30.5 Å². The van der Waals surface area contributed by atoms with E-state index >= 15 is 0 Å². The summed E-state index contributed by atoms with van der Waals surface area (Å²) in [6, 6.07) is 8.09. The lowest BCUT2D eigenvalue weighted by molar-refractivity contribution is 0.567. The predicted octanol–water partition coefficient (Wildman–Crippen LogP) is 1.79. The Morgan fingerprint density at radius 2 is 2.24 bits per heavy atom. The van der Waals surface area contributed by atoms with Crippen LogP contribution < -0.4 is 10.6 Å². The minimum Gasteiger partial charge on any atom is -0.377 e. The molecular formula is C13H16N4. The molecule has 1 aliphatic heterocycles. The van der Waals surface area contributed by atoms with Crippen LogP contribution in [-0.4, -0.2) is 28.8 Å². The van der Waals surface area contributed by atoms with Gasteiger partial charge in [-0.3, -0.25) is 0 Å². The van der Waals surface area contributed by atoms with Gasteiger partial charge in [0.25, 0.3) is 0 Å². The van der Waals surface area contributed by atoms with E-state index < -0.39 is 0 Å². The molecule has 0 radical (unpaired) electrons. The van der Waals surface area contributed by atoms with E-state index in [0.29, 0.717) is 0 Å². The second-order valence-electron chi connectivity index (χ2n) is 4.89. The van der Waals surface area contributed by atoms with Crippen LogP contribution in [0.1, 0.15) is 13.3 Å². The molecule has 1 saturated heterocycles. The molecule has 2 aromatic rings. The highest BCUT2D eigenvalue weighted by Gasteiger charge is 2.28. The van der Waals surface area contributed by atoms with E-state index in [-0.39, 0.29) is 5.54 Å². The summed E-state index contributed by atoms with van der Waals surface area (Å²) in [5, 5.41) is 16.3. The lowest BCUT2D eigenvalue weighted by Gasteiger charge is -2.26. The molecule has 0 bridgehead atoms. The van der Waals surface area contributed by atoms with Crippen molar-refractivity contribution in [2.24, 2.45) is 0 Å². The monoisotopic (exact) mass is 228 g/mol. The first kappa shape index (κ1) is 10.5. The molecule has 1 fully saturated rings. The summed E-state index contributed by atoms with van der Waals surface area (Å²) < 4.78 is 0. The van der Waals surface area contributed by atoms with Gasteiger partial charge in [-0.1, -0.05) is 18.2 Å². The normalized spacial score (nSPS) is 24.1. The van der Waals surface area contributed by atoms with Gasteiger partial charge in [0.1, 0.15) is 0 Å². The number of nitrogens with zero attached hydrogens (tertiary/aromatic N) is 2. The van der Waals surface area contributed by atoms with Crippen molar-refractivity contribution in [2.75, 3.05) is 18.4 Å². The van der Waals surface area contributed by atoms with Gasteiger partial charge < -0.3 is 10.6 Å². The molecule has 4 nitrogen and oxygen atoms in total. The highest BCUT2D eigenvalue weighted by Crippen LogP contribution is 2.26. The Morgan fingerprint density at radius 1 is 1.35 bits per heavy atom. The zero-order valence-electron chi connectivity index (χ0n) is 9.90. The van der Waals surface area contributed by atoms with Gasteiger partial charge in [0.2, 0.25) is 0 Å². The van der Waals surface area contributed by atoms with Crippen molar-refractivity contribution in [2.45, 2.75) is 18.9 Å². The number of rotatable bonds is 2. The Morgan fingerprint density at radius 3 is 3.06 bits per heavy atom. The Labute approximate surface area is 100 Å². The molecule has 0 saturated carbocycles. The Bertz CT molecular complexity index is 526. The van der Waals surface area contributed by atoms with E-state index in [1.165, 1.54) is 0 Å². The molecule has 0 aliphatic carbocycles. The molecule has 1 aromatic carbocycles. The van der Waals surface area contributed by atoms with Gasteiger partial charge in [-0.2, -0.15) is 10.2 Å². The maximum Gasteiger partial charge on any atom is 0.0950 e. The summed E-state index contributed by atoms with van der Waals surface area (Å²) in [7, 11) is 0. The van der Waals surface area contributed by atoms with Gasteiger partial charge in [0, 0.05) is 17.5 Å². The minimum atomic E-state index is 0.117. The number of hydrogen-bond donors (Lipinski definition) is 2. The molecule has 1 unspecified atom stereocenters. The first-order valence-electron chi connectivity index (χ1n) is 5.96. The first-order valence-corrected chi connectivity index (χ1v) is 5.96. The number of anilines is 1. The van der Waals surface area contributed by atoms with Crippen LogP contribution in [0.5, 0.6) is 0 Å². The quantitative estimate of drug-likeness (QED) is 0.823. The van der Waals surface area contributed by atoms with Gasteiger partial charge >= 0.3 is 0 Å². The predicted molar refractivity (Wildman–Crippen MR) is 69.1 cm³/mol. The van der Waals surface area contributed by atoms with E-state index in [0.717, 1.165) is 36.1 Å². The number of aromatic nitrogens is 2. The van der Waals surface area contributed by atoms with E-state index in [1.54, 1.807) is 0 Å². The molecule has 88 valence electrons. The molecule has 0 spiro atoms. The lowest BCUT2D eigenvalue weighted by atomic mass is 10.0. The topological polar surface area (TPSA) is 49.8 Å². The molecular weight excluding hydrogens is 212 g/mol. The van der Waals surface area contributed by atoms with Gasteiger partial charge in [0.15, 0.2) is 0 Å². The van der Waals surface area contributed by atoms with Gasteiger partial charge in [-0.25, -0.2) is 0 Å². The SMILES string of the molecule is CC1(Nc2cnnc3ccccc23)CCNC1. The van der Waals surface area contributed by atoms with E-state index in [1.807, 2.05) is 24.4 Å². The molecule has 1 atom stereocenters. The lowest BCUT2D eigenvalue weighted by Crippen LogP contribution is -2.36. The fourth-order valence-corrected chi connectivity index (χ4v) is 2.36. The fourth-order valence-electron chi connectivity index (χ4n) is 2.36. The molecule has 17 heavy (non-hydrogen) atoms. The molecule has 1 aliphatic rings. The first-order chi connectivity index (χ1) is 8.27. The largest absolute Gasteiger partial charge is 0.377 e. The van der Waals surface area contributed by atoms with Crippen LogP contribution in [-0.2, 0) is 0 Å². The highest BCUT2D eigenvalue weighted by atomic mass is 15.1. The maximum atomic E-state index is 4.13. The maximum absolute atomic E-state index is 4.13. The van der Waals surface area contributed by atoms with E-state index in [2.05, 4.69) is 33.8 Å². The molecule has 2 N–H and O–H groups in total. The zero-order valence-corrected chi connectivity index (χ0v) is 9.90. The van der Waals surface area contributed by atoms with Crippen LogP contribution in [0.4, 0.5) is 5.69 Å². The summed E-state index contributed by atoms with van der Waals surface area (Å²) in [4.78, 5) is 0. The molecule has 3 rings (SSSR count). The third-order valence-corrected chi connectivity index (χ3v) is 3.35. The third kappa shape index (κ3) is 1.96.